The van der Waals surface area contributed by atoms with Crippen LogP contribution in [0.4, 0.5) is 0 Å². The summed E-state index contributed by atoms with van der Waals surface area (Å²) in [6, 6.07) is 13.6. The molecule has 5 atom stereocenters. The average Bonchev–Trinajstić information content (AvgIpc) is 2.98. The quantitative estimate of drug-likeness (QED) is 0.128. The molecule has 2 amide bonds. The topological polar surface area (TPSA) is 184 Å². The summed E-state index contributed by atoms with van der Waals surface area (Å²) >= 11 is 1.64. The predicted octanol–water partition coefficient (Wildman–Crippen LogP) is 1.60. The Hall–Kier alpha value is -3.33. The van der Waals surface area contributed by atoms with Crippen molar-refractivity contribution in [1.82, 2.24) is 16.1 Å². The van der Waals surface area contributed by atoms with Gasteiger partial charge in [0.2, 0.25) is 5.91 Å². The molecular formula is C29H37N3O9S. The number of hydroxylamine groups is 1. The van der Waals surface area contributed by atoms with Crippen molar-refractivity contribution < 1.29 is 44.1 Å². The molecule has 13 heteroatoms. The second kappa shape index (κ2) is 15.8. The number of benzene rings is 2. The van der Waals surface area contributed by atoms with E-state index < -0.39 is 66.6 Å². The van der Waals surface area contributed by atoms with Gasteiger partial charge in [0.15, 0.2) is 5.78 Å². The zero-order valence-corrected chi connectivity index (χ0v) is 24.3. The summed E-state index contributed by atoms with van der Waals surface area (Å²) in [6.07, 6.45) is -3.31. The van der Waals surface area contributed by atoms with E-state index in [2.05, 4.69) is 10.6 Å². The number of thioether (sulfide) groups is 1. The monoisotopic (exact) mass is 603 g/mol. The lowest BCUT2D eigenvalue weighted by molar-refractivity contribution is -0.290. The summed E-state index contributed by atoms with van der Waals surface area (Å²) in [7, 11) is 0. The molecule has 228 valence electrons. The molecule has 0 saturated carbocycles. The minimum atomic E-state index is -2.37. The molecule has 3 rings (SSSR count). The number of hydrogen-bond acceptors (Lipinski definition) is 10. The highest BCUT2D eigenvalue weighted by molar-refractivity contribution is 7.99. The summed E-state index contributed by atoms with van der Waals surface area (Å²) in [5.41, 5.74) is 4.00. The van der Waals surface area contributed by atoms with Crippen molar-refractivity contribution in [3.63, 3.8) is 0 Å². The van der Waals surface area contributed by atoms with Gasteiger partial charge in [0.05, 0.1) is 18.8 Å². The molecule has 2 aromatic carbocycles. The van der Waals surface area contributed by atoms with E-state index in [9.17, 15) is 34.6 Å². The molecule has 5 unspecified atom stereocenters. The summed E-state index contributed by atoms with van der Waals surface area (Å²) in [6.45, 7) is 2.73. The second-order valence-corrected chi connectivity index (χ2v) is 11.1. The average molecular weight is 604 g/mol. The van der Waals surface area contributed by atoms with Crippen LogP contribution < -0.4 is 16.1 Å². The maximum Gasteiger partial charge on any atom is 0.364 e. The number of amides is 2. The van der Waals surface area contributed by atoms with Crippen molar-refractivity contribution in [2.45, 2.75) is 56.8 Å². The van der Waals surface area contributed by atoms with Gasteiger partial charge < -0.3 is 35.5 Å². The first-order chi connectivity index (χ1) is 20.1. The highest BCUT2D eigenvalue weighted by Crippen LogP contribution is 2.32. The van der Waals surface area contributed by atoms with Crippen LogP contribution in [0.2, 0.25) is 0 Å². The summed E-state index contributed by atoms with van der Waals surface area (Å²) < 4.78 is 11.3. The predicted molar refractivity (Wildman–Crippen MR) is 155 cm³/mol. The van der Waals surface area contributed by atoms with E-state index in [-0.39, 0.29) is 6.61 Å². The molecule has 0 radical (unpaired) electrons. The van der Waals surface area contributed by atoms with Gasteiger partial charge in [0.1, 0.15) is 12.1 Å². The number of carbonyl (C=O) groups is 4. The van der Waals surface area contributed by atoms with Crippen molar-refractivity contribution >= 4 is 35.3 Å². The molecule has 1 aliphatic rings. The molecule has 1 saturated heterocycles. The van der Waals surface area contributed by atoms with Crippen LogP contribution in [0.15, 0.2) is 54.6 Å². The zero-order valence-electron chi connectivity index (χ0n) is 23.4. The van der Waals surface area contributed by atoms with Gasteiger partial charge in [-0.2, -0.15) is 17.2 Å². The Bertz CT molecular complexity index is 1210. The van der Waals surface area contributed by atoms with Gasteiger partial charge in [-0.25, -0.2) is 4.79 Å². The molecule has 1 heterocycles. The number of hydrogen-bond donors (Lipinski definition) is 6. The Labute approximate surface area is 248 Å². The Kier molecular flexibility index (Phi) is 12.5. The van der Waals surface area contributed by atoms with E-state index in [4.69, 9.17) is 9.47 Å². The number of Topliss-reactive ketones (excluding diaryl/α,β-unsaturated/α-hetero) is 1. The third-order valence-electron chi connectivity index (χ3n) is 6.70. The van der Waals surface area contributed by atoms with Crippen LogP contribution in [-0.4, -0.2) is 93.7 Å². The number of aliphatic hydroxyl groups excluding tert-OH is 1. The maximum absolute atomic E-state index is 13.5. The minimum Gasteiger partial charge on any atom is -0.477 e. The molecule has 2 aromatic rings. The molecule has 1 aliphatic heterocycles. The molecule has 12 nitrogen and oxygen atoms in total. The Morgan fingerprint density at radius 2 is 1.76 bits per heavy atom. The van der Waals surface area contributed by atoms with Crippen LogP contribution >= 0.6 is 11.8 Å². The van der Waals surface area contributed by atoms with E-state index in [1.165, 1.54) is 6.92 Å². The van der Waals surface area contributed by atoms with Gasteiger partial charge in [-0.15, -0.1) is 0 Å². The van der Waals surface area contributed by atoms with E-state index in [0.717, 1.165) is 16.9 Å². The van der Waals surface area contributed by atoms with E-state index >= 15 is 0 Å². The van der Waals surface area contributed by atoms with Crippen LogP contribution in [-0.2, 0) is 23.9 Å². The van der Waals surface area contributed by atoms with E-state index in [1.807, 2.05) is 42.7 Å². The van der Waals surface area contributed by atoms with Gasteiger partial charge in [0, 0.05) is 25.5 Å². The molecule has 0 aliphatic carbocycles. The number of ketones is 1. The van der Waals surface area contributed by atoms with E-state index in [0.29, 0.717) is 17.7 Å². The zero-order chi connectivity index (χ0) is 30.7. The number of carboxylic acids is 1. The normalized spacial score (nSPS) is 22.6. The lowest BCUT2D eigenvalue weighted by Gasteiger charge is -2.44. The summed E-state index contributed by atoms with van der Waals surface area (Å²) in [5.74, 6) is -4.37. The van der Waals surface area contributed by atoms with Crippen molar-refractivity contribution in [3.8, 4) is 11.1 Å². The maximum atomic E-state index is 13.5. The highest BCUT2D eigenvalue weighted by Gasteiger charge is 2.55. The number of rotatable bonds is 15. The van der Waals surface area contributed by atoms with Gasteiger partial charge in [-0.05, 0) is 41.2 Å². The lowest BCUT2D eigenvalue weighted by atomic mass is 9.88. The number of carboxylic acid groups (broad SMARTS) is 1. The van der Waals surface area contributed by atoms with Crippen LogP contribution in [0.3, 0.4) is 0 Å². The lowest BCUT2D eigenvalue weighted by Crippen LogP contribution is -2.68. The number of carbonyl (C=O) groups excluding carboxylic acids is 3. The fourth-order valence-corrected chi connectivity index (χ4v) is 5.17. The van der Waals surface area contributed by atoms with Crippen LogP contribution in [0.5, 0.6) is 0 Å². The third-order valence-corrected chi connectivity index (χ3v) is 7.69. The van der Waals surface area contributed by atoms with Crippen molar-refractivity contribution in [2.24, 2.45) is 0 Å². The van der Waals surface area contributed by atoms with Crippen LogP contribution in [0, 0.1) is 0 Å². The molecule has 1 fully saturated rings. The molecule has 0 bridgehead atoms. The van der Waals surface area contributed by atoms with Gasteiger partial charge in [-0.3, -0.25) is 14.4 Å². The van der Waals surface area contributed by atoms with Crippen LogP contribution in [0.25, 0.3) is 11.1 Å². The van der Waals surface area contributed by atoms with Crippen LogP contribution in [0.1, 0.15) is 37.0 Å². The summed E-state index contributed by atoms with van der Waals surface area (Å²) in [4.78, 5) is 50.5. The van der Waals surface area contributed by atoms with Crippen molar-refractivity contribution in [1.29, 1.82) is 0 Å². The highest BCUT2D eigenvalue weighted by atomic mass is 32.2. The van der Waals surface area contributed by atoms with Crippen molar-refractivity contribution in [3.05, 3.63) is 60.2 Å². The van der Waals surface area contributed by atoms with E-state index in [1.54, 1.807) is 36.0 Å². The molecule has 6 N–H and O–H groups in total. The first-order valence-corrected chi connectivity index (χ1v) is 14.7. The van der Waals surface area contributed by atoms with Gasteiger partial charge in [0.25, 0.3) is 11.7 Å². The van der Waals surface area contributed by atoms with Gasteiger partial charge >= 0.3 is 5.97 Å². The standard InChI is InChI=1S/C29H37N3O9S/c1-3-42-15-7-14-40-29(28(37)38)16-23(34)24(31-18(2)33)26(41-29)25(35)22(32-39)17-30-27(36)21-12-10-20(11-13-21)19-8-5-4-6-9-19/h4-6,8-13,22-24,26,32,34,39H,3,7,14-17H2,1-2H3,(H,30,36)(H,31,33)(H,37,38). The smallest absolute Gasteiger partial charge is 0.364 e. The minimum absolute atomic E-state index is 0.0153. The summed E-state index contributed by atoms with van der Waals surface area (Å²) in [5, 5.41) is 35.6. The number of aliphatic hydroxyl groups is 1. The Balaban J connectivity index is 1.73. The molecule has 42 heavy (non-hydrogen) atoms. The Morgan fingerprint density at radius 1 is 1.10 bits per heavy atom. The first-order valence-electron chi connectivity index (χ1n) is 13.6. The first kappa shape index (κ1) is 33.2. The Morgan fingerprint density at radius 3 is 2.36 bits per heavy atom. The second-order valence-electron chi connectivity index (χ2n) is 9.73. The third kappa shape index (κ3) is 8.60. The SMILES string of the molecule is CCSCCCOC1(C(=O)O)CC(O)C(NC(C)=O)C(C(=O)C(CNC(=O)c2ccc(-c3ccccc3)cc2)NO)O1. The number of aliphatic carboxylic acids is 1. The number of nitrogens with one attached hydrogen (secondary N) is 3. The number of ether oxygens (including phenoxy) is 2. The molecule has 0 aromatic heterocycles. The van der Waals surface area contributed by atoms with Gasteiger partial charge in [-0.1, -0.05) is 49.4 Å². The fourth-order valence-electron chi connectivity index (χ4n) is 4.56. The largest absolute Gasteiger partial charge is 0.477 e. The fraction of sp³-hybridized carbons (Fsp3) is 0.448. The van der Waals surface area contributed by atoms with Crippen molar-refractivity contribution in [2.75, 3.05) is 24.7 Å². The molecular weight excluding hydrogens is 566 g/mol. The molecule has 0 spiro atoms.